The van der Waals surface area contributed by atoms with E-state index in [9.17, 15) is 4.79 Å². The molecule has 24 heavy (non-hydrogen) atoms. The van der Waals surface area contributed by atoms with Crippen molar-refractivity contribution in [2.24, 2.45) is 0 Å². The van der Waals surface area contributed by atoms with E-state index in [2.05, 4.69) is 25.8 Å². The summed E-state index contributed by atoms with van der Waals surface area (Å²) in [5.74, 6) is -0.0140. The number of nitrogens with zero attached hydrogens (tertiary/aromatic N) is 6. The summed E-state index contributed by atoms with van der Waals surface area (Å²) in [4.78, 5) is 25.1. The predicted octanol–water partition coefficient (Wildman–Crippen LogP) is 0.0643. The molecule has 0 aliphatic rings. The van der Waals surface area contributed by atoms with Crippen LogP contribution in [0.4, 0.5) is 17.3 Å². The Kier molecular flexibility index (Phi) is 5.42. The van der Waals surface area contributed by atoms with Crippen molar-refractivity contribution in [1.82, 2.24) is 20.4 Å². The number of carbonyl (C=O) groups excluding carboxylic acids is 1. The lowest BCUT2D eigenvalue weighted by Gasteiger charge is -2.20. The number of hydrogen-bond donors (Lipinski definition) is 3. The molecule has 0 fully saturated rings. The second-order valence-electron chi connectivity index (χ2n) is 4.45. The molecule has 2 heterocycles. The van der Waals surface area contributed by atoms with E-state index in [1.54, 1.807) is 12.1 Å². The fourth-order valence-corrected chi connectivity index (χ4v) is 1.81. The second-order valence-corrected chi connectivity index (χ2v) is 4.45. The van der Waals surface area contributed by atoms with E-state index in [0.29, 0.717) is 5.56 Å². The van der Waals surface area contributed by atoms with Gasteiger partial charge >= 0.3 is 0 Å². The van der Waals surface area contributed by atoms with Gasteiger partial charge in [0, 0.05) is 18.0 Å². The van der Waals surface area contributed by atoms with Crippen LogP contribution in [0.1, 0.15) is 10.4 Å². The van der Waals surface area contributed by atoms with Gasteiger partial charge in [-0.3, -0.25) is 20.6 Å². The van der Waals surface area contributed by atoms with Gasteiger partial charge in [0.25, 0.3) is 5.91 Å². The van der Waals surface area contributed by atoms with Crippen molar-refractivity contribution in [1.29, 1.82) is 10.5 Å². The van der Waals surface area contributed by atoms with Gasteiger partial charge in [-0.05, 0) is 12.1 Å². The summed E-state index contributed by atoms with van der Waals surface area (Å²) in [7, 11) is 0. The molecule has 0 aliphatic carbocycles. The molecule has 0 spiro atoms. The third-order valence-corrected chi connectivity index (χ3v) is 2.92. The average Bonchev–Trinajstić information content (AvgIpc) is 2.61. The zero-order valence-electron chi connectivity index (χ0n) is 12.5. The van der Waals surface area contributed by atoms with E-state index >= 15 is 0 Å². The van der Waals surface area contributed by atoms with Crippen LogP contribution < -0.4 is 21.5 Å². The van der Waals surface area contributed by atoms with Crippen LogP contribution in [-0.2, 0) is 0 Å². The zero-order valence-corrected chi connectivity index (χ0v) is 12.5. The van der Waals surface area contributed by atoms with E-state index in [4.69, 9.17) is 16.3 Å². The first-order valence-electron chi connectivity index (χ1n) is 6.73. The lowest BCUT2D eigenvalue weighted by atomic mass is 10.3. The summed E-state index contributed by atoms with van der Waals surface area (Å²) >= 11 is 0. The number of nitriles is 2. The van der Waals surface area contributed by atoms with Gasteiger partial charge < -0.3 is 10.6 Å². The van der Waals surface area contributed by atoms with Crippen LogP contribution in [0.2, 0.25) is 0 Å². The molecule has 2 aromatic rings. The van der Waals surface area contributed by atoms with Crippen LogP contribution in [0.25, 0.3) is 0 Å². The van der Waals surface area contributed by atoms with Gasteiger partial charge in [-0.1, -0.05) is 0 Å². The molecule has 0 aromatic carbocycles. The van der Waals surface area contributed by atoms with Crippen molar-refractivity contribution < 1.29 is 4.79 Å². The van der Waals surface area contributed by atoms with Gasteiger partial charge in [0.2, 0.25) is 0 Å². The molecule has 0 aliphatic heterocycles. The number of hydrazine groups is 1. The van der Waals surface area contributed by atoms with E-state index in [1.165, 1.54) is 23.6 Å². The molecular weight excluding hydrogens is 310 g/mol. The van der Waals surface area contributed by atoms with E-state index in [-0.39, 0.29) is 30.4 Å². The van der Waals surface area contributed by atoms with Crippen molar-refractivity contribution in [2.45, 2.75) is 0 Å². The first-order valence-corrected chi connectivity index (χ1v) is 6.73. The van der Waals surface area contributed by atoms with E-state index < -0.39 is 5.91 Å². The molecular formula is C14H13N9O. The fourth-order valence-electron chi connectivity index (χ4n) is 1.81. The Morgan fingerprint density at radius 2 is 1.88 bits per heavy atom. The molecule has 0 bridgehead atoms. The van der Waals surface area contributed by atoms with Crippen molar-refractivity contribution in [2.75, 3.05) is 29.1 Å². The number of carbonyl (C=O) groups is 1. The highest BCUT2D eigenvalue weighted by molar-refractivity contribution is 5.95. The largest absolute Gasteiger partial charge is 0.393 e. The second kappa shape index (κ2) is 7.91. The molecule has 0 saturated heterocycles. The minimum atomic E-state index is -0.400. The van der Waals surface area contributed by atoms with Gasteiger partial charge in [-0.2, -0.15) is 10.5 Å². The predicted molar refractivity (Wildman–Crippen MR) is 85.2 cm³/mol. The smallest absolute Gasteiger partial charge is 0.269 e. The van der Waals surface area contributed by atoms with Crippen molar-refractivity contribution in [3.63, 3.8) is 0 Å². The number of aromatic nitrogens is 3. The number of nitrogen functional groups attached to an aromatic ring is 1. The molecule has 1 amide bonds. The molecule has 120 valence electrons. The zero-order chi connectivity index (χ0) is 17.4. The van der Waals surface area contributed by atoms with Crippen molar-refractivity contribution in [3.05, 3.63) is 36.4 Å². The molecule has 0 atom stereocenters. The maximum absolute atomic E-state index is 12.0. The van der Waals surface area contributed by atoms with Crippen molar-refractivity contribution >= 4 is 23.2 Å². The standard InChI is InChI=1S/C14H13N9O/c15-3-7-23(8-4-16)13-11(17)12(19-9-20-13)21-22-14(24)10-1-5-18-6-2-10/h1-2,5-6,9H,7-8,17H2,(H,22,24)(H,19,20,21). The summed E-state index contributed by atoms with van der Waals surface area (Å²) in [5.41, 5.74) is 11.5. The SMILES string of the molecule is N#CCN(CC#N)c1ncnc(NNC(=O)c2ccncc2)c1N. The van der Waals surface area contributed by atoms with Crippen LogP contribution in [0.15, 0.2) is 30.9 Å². The molecule has 0 unspecified atom stereocenters. The minimum absolute atomic E-state index is 0.0579. The van der Waals surface area contributed by atoms with Crippen molar-refractivity contribution in [3.8, 4) is 12.1 Å². The third kappa shape index (κ3) is 3.84. The van der Waals surface area contributed by atoms with Gasteiger partial charge in [-0.25, -0.2) is 9.97 Å². The first-order chi connectivity index (χ1) is 11.7. The Morgan fingerprint density at radius 3 is 2.50 bits per heavy atom. The molecule has 0 saturated carbocycles. The summed E-state index contributed by atoms with van der Waals surface area (Å²) in [6.07, 6.45) is 4.20. The molecule has 2 rings (SSSR count). The Hall–Kier alpha value is -3.92. The Morgan fingerprint density at radius 1 is 1.21 bits per heavy atom. The van der Waals surface area contributed by atoms with Gasteiger partial charge in [-0.15, -0.1) is 0 Å². The quantitative estimate of drug-likeness (QED) is 0.494. The summed E-state index contributed by atoms with van der Waals surface area (Å²) in [5, 5.41) is 17.6. The summed E-state index contributed by atoms with van der Waals surface area (Å²) < 4.78 is 0. The van der Waals surface area contributed by atoms with Crippen LogP contribution >= 0.6 is 0 Å². The number of amides is 1. The first kappa shape index (κ1) is 16.5. The molecule has 0 radical (unpaired) electrons. The lowest BCUT2D eigenvalue weighted by molar-refractivity contribution is 0.0962. The molecule has 10 heteroatoms. The highest BCUT2D eigenvalue weighted by atomic mass is 16.2. The summed E-state index contributed by atoms with van der Waals surface area (Å²) in [6, 6.07) is 6.96. The third-order valence-electron chi connectivity index (χ3n) is 2.92. The number of anilines is 3. The fraction of sp³-hybridized carbons (Fsp3) is 0.143. The van der Waals surface area contributed by atoms with E-state index in [1.807, 2.05) is 12.1 Å². The molecule has 4 N–H and O–H groups in total. The van der Waals surface area contributed by atoms with Crippen LogP contribution in [0.3, 0.4) is 0 Å². The maximum atomic E-state index is 12.0. The monoisotopic (exact) mass is 323 g/mol. The maximum Gasteiger partial charge on any atom is 0.269 e. The van der Waals surface area contributed by atoms with E-state index in [0.717, 1.165) is 0 Å². The Bertz CT molecular complexity index is 778. The van der Waals surface area contributed by atoms with Gasteiger partial charge in [0.1, 0.15) is 25.1 Å². The number of hydrogen-bond acceptors (Lipinski definition) is 9. The highest BCUT2D eigenvalue weighted by Gasteiger charge is 2.15. The Balaban J connectivity index is 2.14. The number of rotatable bonds is 6. The average molecular weight is 323 g/mol. The van der Waals surface area contributed by atoms with Crippen LogP contribution in [0, 0.1) is 22.7 Å². The van der Waals surface area contributed by atoms with Crippen LogP contribution in [0.5, 0.6) is 0 Å². The number of nitrogens with two attached hydrogens (primary N) is 1. The lowest BCUT2D eigenvalue weighted by Crippen LogP contribution is -2.31. The number of nitrogens with one attached hydrogen (secondary N) is 2. The highest BCUT2D eigenvalue weighted by Crippen LogP contribution is 2.25. The Labute approximate surface area is 137 Å². The summed E-state index contributed by atoms with van der Waals surface area (Å²) in [6.45, 7) is -0.116. The molecule has 2 aromatic heterocycles. The topological polar surface area (TPSA) is 157 Å². The van der Waals surface area contributed by atoms with Gasteiger partial charge in [0.05, 0.1) is 12.1 Å². The van der Waals surface area contributed by atoms with Crippen LogP contribution in [-0.4, -0.2) is 33.9 Å². The molecule has 10 nitrogen and oxygen atoms in total. The number of pyridine rings is 1. The van der Waals surface area contributed by atoms with Gasteiger partial charge in [0.15, 0.2) is 11.6 Å². The minimum Gasteiger partial charge on any atom is -0.393 e. The normalized spacial score (nSPS) is 9.42.